The molecule has 0 bridgehead atoms. The molecule has 1 aliphatic heterocycles. The highest BCUT2D eigenvalue weighted by Gasteiger charge is 2.23. The number of benzene rings is 1. The van der Waals surface area contributed by atoms with E-state index in [0.717, 1.165) is 62.7 Å². The van der Waals surface area contributed by atoms with E-state index < -0.39 is 0 Å². The first-order valence-electron chi connectivity index (χ1n) is 9.09. The summed E-state index contributed by atoms with van der Waals surface area (Å²) in [5, 5.41) is 8.00. The van der Waals surface area contributed by atoms with Crippen LogP contribution in [0.5, 0.6) is 0 Å². The second-order valence-electron chi connectivity index (χ2n) is 6.67. The number of carbonyl (C=O) groups excluding carboxylic acids is 1. The van der Waals surface area contributed by atoms with Crippen molar-refractivity contribution in [3.63, 3.8) is 0 Å². The average molecular weight is 341 g/mol. The van der Waals surface area contributed by atoms with Crippen molar-refractivity contribution in [3.05, 3.63) is 47.5 Å². The molecule has 6 heteroatoms. The Morgan fingerprint density at radius 2 is 1.92 bits per heavy atom. The standard InChI is InChI=1S/C19H27N5O/c1-15-21-16(2)24(22-15)12-6-11-20-18-9-13-23(14-10-18)19(25)17-7-4-3-5-8-17/h3-5,7-8,18,20H,6,9-14H2,1-2H3. The van der Waals surface area contributed by atoms with Gasteiger partial charge in [-0.25, -0.2) is 4.98 Å². The van der Waals surface area contributed by atoms with E-state index in [-0.39, 0.29) is 5.91 Å². The first-order valence-corrected chi connectivity index (χ1v) is 9.09. The Hall–Kier alpha value is -2.21. The molecule has 0 atom stereocenters. The van der Waals surface area contributed by atoms with Crippen molar-refractivity contribution in [1.82, 2.24) is 25.0 Å². The van der Waals surface area contributed by atoms with Gasteiger partial charge in [-0.2, -0.15) is 5.10 Å². The van der Waals surface area contributed by atoms with Gasteiger partial charge in [-0.15, -0.1) is 0 Å². The van der Waals surface area contributed by atoms with Crippen molar-refractivity contribution >= 4 is 5.91 Å². The smallest absolute Gasteiger partial charge is 0.253 e. The summed E-state index contributed by atoms with van der Waals surface area (Å²) in [6.07, 6.45) is 3.06. The fraction of sp³-hybridized carbons (Fsp3) is 0.526. The minimum Gasteiger partial charge on any atom is -0.339 e. The number of likely N-dealkylation sites (tertiary alicyclic amines) is 1. The lowest BCUT2D eigenvalue weighted by molar-refractivity contribution is 0.0705. The van der Waals surface area contributed by atoms with Gasteiger partial charge in [-0.3, -0.25) is 9.48 Å². The first-order chi connectivity index (χ1) is 12.1. The van der Waals surface area contributed by atoms with Crippen molar-refractivity contribution in [2.24, 2.45) is 0 Å². The van der Waals surface area contributed by atoms with Crippen LogP contribution in [0.4, 0.5) is 0 Å². The molecule has 1 aliphatic rings. The number of piperidine rings is 1. The molecule has 2 heterocycles. The largest absolute Gasteiger partial charge is 0.339 e. The zero-order valence-corrected chi connectivity index (χ0v) is 15.1. The highest BCUT2D eigenvalue weighted by molar-refractivity contribution is 5.94. The highest BCUT2D eigenvalue weighted by atomic mass is 16.2. The summed E-state index contributed by atoms with van der Waals surface area (Å²) >= 11 is 0. The maximum absolute atomic E-state index is 12.4. The molecule has 1 saturated heterocycles. The maximum atomic E-state index is 12.4. The fourth-order valence-corrected chi connectivity index (χ4v) is 3.36. The van der Waals surface area contributed by atoms with E-state index in [1.54, 1.807) is 0 Å². The number of nitrogens with zero attached hydrogens (tertiary/aromatic N) is 4. The van der Waals surface area contributed by atoms with E-state index in [0.29, 0.717) is 6.04 Å². The lowest BCUT2D eigenvalue weighted by Crippen LogP contribution is -2.45. The molecule has 0 aliphatic carbocycles. The van der Waals surface area contributed by atoms with E-state index in [2.05, 4.69) is 15.4 Å². The number of nitrogens with one attached hydrogen (secondary N) is 1. The first kappa shape index (κ1) is 17.6. The van der Waals surface area contributed by atoms with Gasteiger partial charge in [-0.1, -0.05) is 18.2 Å². The summed E-state index contributed by atoms with van der Waals surface area (Å²) in [5.41, 5.74) is 0.785. The minimum atomic E-state index is 0.149. The number of carbonyl (C=O) groups is 1. The molecule has 0 spiro atoms. The molecular formula is C19H27N5O. The third kappa shape index (κ3) is 4.66. The fourth-order valence-electron chi connectivity index (χ4n) is 3.36. The number of aromatic nitrogens is 3. The van der Waals surface area contributed by atoms with E-state index in [1.807, 2.05) is 53.8 Å². The predicted molar refractivity (Wildman–Crippen MR) is 97.5 cm³/mol. The van der Waals surface area contributed by atoms with Crippen molar-refractivity contribution in [2.75, 3.05) is 19.6 Å². The minimum absolute atomic E-state index is 0.149. The maximum Gasteiger partial charge on any atom is 0.253 e. The molecule has 0 unspecified atom stereocenters. The highest BCUT2D eigenvalue weighted by Crippen LogP contribution is 2.14. The van der Waals surface area contributed by atoms with Crippen LogP contribution < -0.4 is 5.32 Å². The number of hydrogen-bond donors (Lipinski definition) is 1. The number of rotatable bonds is 6. The summed E-state index contributed by atoms with van der Waals surface area (Å²) < 4.78 is 1.97. The number of hydrogen-bond acceptors (Lipinski definition) is 4. The molecule has 1 aromatic carbocycles. The normalized spacial score (nSPS) is 15.5. The SMILES string of the molecule is Cc1nc(C)n(CCCNC2CCN(C(=O)c3ccccc3)CC2)n1. The van der Waals surface area contributed by atoms with Crippen LogP contribution in [0, 0.1) is 13.8 Å². The summed E-state index contributed by atoms with van der Waals surface area (Å²) in [6.45, 7) is 7.43. The lowest BCUT2D eigenvalue weighted by Gasteiger charge is -2.32. The van der Waals surface area contributed by atoms with Crippen molar-refractivity contribution in [3.8, 4) is 0 Å². The van der Waals surface area contributed by atoms with Crippen molar-refractivity contribution < 1.29 is 4.79 Å². The average Bonchev–Trinajstić information content (AvgIpc) is 2.97. The van der Waals surface area contributed by atoms with Gasteiger partial charge in [0.05, 0.1) is 0 Å². The second-order valence-corrected chi connectivity index (χ2v) is 6.67. The van der Waals surface area contributed by atoms with Gasteiger partial charge in [0, 0.05) is 31.2 Å². The summed E-state index contributed by atoms with van der Waals surface area (Å²) in [4.78, 5) is 18.7. The molecule has 25 heavy (non-hydrogen) atoms. The van der Waals surface area contributed by atoms with Crippen LogP contribution >= 0.6 is 0 Å². The van der Waals surface area contributed by atoms with Crippen LogP contribution in [-0.2, 0) is 6.54 Å². The van der Waals surface area contributed by atoms with Gasteiger partial charge in [0.1, 0.15) is 11.6 Å². The Morgan fingerprint density at radius 3 is 2.56 bits per heavy atom. The van der Waals surface area contributed by atoms with Gasteiger partial charge in [0.25, 0.3) is 5.91 Å². The molecule has 1 amide bonds. The Kier molecular flexibility index (Phi) is 5.81. The Bertz CT molecular complexity index is 689. The quantitative estimate of drug-likeness (QED) is 0.818. The van der Waals surface area contributed by atoms with Crippen molar-refractivity contribution in [2.45, 2.75) is 45.7 Å². The zero-order valence-electron chi connectivity index (χ0n) is 15.1. The van der Waals surface area contributed by atoms with E-state index in [9.17, 15) is 4.79 Å². The van der Waals surface area contributed by atoms with Crippen LogP contribution in [0.1, 0.15) is 41.3 Å². The summed E-state index contributed by atoms with van der Waals surface area (Å²) in [6, 6.07) is 10.0. The molecule has 134 valence electrons. The van der Waals surface area contributed by atoms with Crippen LogP contribution in [-0.4, -0.2) is 51.2 Å². The molecule has 1 N–H and O–H groups in total. The summed E-state index contributed by atoms with van der Waals surface area (Å²) in [7, 11) is 0. The zero-order chi connectivity index (χ0) is 17.6. The monoisotopic (exact) mass is 341 g/mol. The second kappa shape index (κ2) is 8.25. The Morgan fingerprint density at radius 1 is 1.20 bits per heavy atom. The topological polar surface area (TPSA) is 63.1 Å². The van der Waals surface area contributed by atoms with E-state index in [4.69, 9.17) is 0 Å². The number of amides is 1. The molecule has 0 radical (unpaired) electrons. The number of aryl methyl sites for hydroxylation is 3. The third-order valence-corrected chi connectivity index (χ3v) is 4.75. The molecular weight excluding hydrogens is 314 g/mol. The van der Waals surface area contributed by atoms with Crippen LogP contribution in [0.25, 0.3) is 0 Å². The Balaban J connectivity index is 1.37. The lowest BCUT2D eigenvalue weighted by atomic mass is 10.0. The van der Waals surface area contributed by atoms with Gasteiger partial charge in [-0.05, 0) is 51.8 Å². The molecule has 6 nitrogen and oxygen atoms in total. The molecule has 1 aromatic heterocycles. The van der Waals surface area contributed by atoms with Gasteiger partial charge < -0.3 is 10.2 Å². The van der Waals surface area contributed by atoms with E-state index >= 15 is 0 Å². The van der Waals surface area contributed by atoms with Crippen LogP contribution in [0.3, 0.4) is 0 Å². The van der Waals surface area contributed by atoms with E-state index in [1.165, 1.54) is 0 Å². The van der Waals surface area contributed by atoms with Crippen LogP contribution in [0.2, 0.25) is 0 Å². The molecule has 0 saturated carbocycles. The van der Waals surface area contributed by atoms with Crippen LogP contribution in [0.15, 0.2) is 30.3 Å². The summed E-state index contributed by atoms with van der Waals surface area (Å²) in [5.74, 6) is 1.96. The molecule has 1 fully saturated rings. The van der Waals surface area contributed by atoms with Gasteiger partial charge >= 0.3 is 0 Å². The predicted octanol–water partition coefficient (Wildman–Crippen LogP) is 2.18. The van der Waals surface area contributed by atoms with Gasteiger partial charge in [0.2, 0.25) is 0 Å². The van der Waals surface area contributed by atoms with Crippen molar-refractivity contribution in [1.29, 1.82) is 0 Å². The third-order valence-electron chi connectivity index (χ3n) is 4.75. The molecule has 3 rings (SSSR count). The Labute approximate surface area is 149 Å². The molecule has 2 aromatic rings. The van der Waals surface area contributed by atoms with Gasteiger partial charge in [0.15, 0.2) is 0 Å².